The van der Waals surface area contributed by atoms with E-state index >= 15 is 0 Å². The van der Waals surface area contributed by atoms with Crippen molar-refractivity contribution in [2.45, 2.75) is 51.3 Å². The summed E-state index contributed by atoms with van der Waals surface area (Å²) in [5, 5.41) is 11.9. The lowest BCUT2D eigenvalue weighted by molar-refractivity contribution is 0.132. The van der Waals surface area contributed by atoms with E-state index in [2.05, 4.69) is 122 Å². The van der Waals surface area contributed by atoms with Crippen LogP contribution in [0.25, 0.3) is 0 Å². The van der Waals surface area contributed by atoms with E-state index in [1.54, 1.807) is 0 Å². The number of hydrogen-bond donors (Lipinski definition) is 1. The second-order valence-electron chi connectivity index (χ2n) is 10.0. The molecule has 0 bridgehead atoms. The summed E-state index contributed by atoms with van der Waals surface area (Å²) in [6, 6.07) is 35.7. The Kier molecular flexibility index (Phi) is 8.13. The first kappa shape index (κ1) is 26.7. The average Bonchev–Trinajstić information content (AvgIpc) is 3.49. The molecule has 4 aromatic rings. The molecule has 1 heterocycles. The second kappa shape index (κ2) is 11.9. The smallest absolute Gasteiger partial charge is 0.119 e. The Labute approximate surface area is 232 Å². The molecule has 0 aromatic heterocycles. The van der Waals surface area contributed by atoms with Crippen molar-refractivity contribution in [3.63, 3.8) is 0 Å². The molecule has 1 N–H and O–H groups in total. The van der Waals surface area contributed by atoms with Crippen molar-refractivity contribution < 1.29 is 9.84 Å². The molecule has 0 saturated carbocycles. The van der Waals surface area contributed by atoms with Gasteiger partial charge in [-0.15, -0.1) is 0 Å². The topological polar surface area (TPSA) is 45.1 Å². The van der Waals surface area contributed by atoms with Gasteiger partial charge in [0.05, 0.1) is 19.0 Å². The summed E-state index contributed by atoms with van der Waals surface area (Å²) in [4.78, 5) is 7.28. The number of aliphatic hydroxyl groups excluding tert-OH is 1. The van der Waals surface area contributed by atoms with Gasteiger partial charge in [-0.25, -0.2) is 0 Å². The summed E-state index contributed by atoms with van der Waals surface area (Å²) in [7, 11) is 0. The second-order valence-corrected chi connectivity index (χ2v) is 10.0. The minimum Gasteiger partial charge on any atom is -0.494 e. The highest BCUT2D eigenvalue weighted by Gasteiger charge is 2.44. The highest BCUT2D eigenvalue weighted by molar-refractivity contribution is 5.66. The number of nitrogens with zero attached hydrogens (tertiary/aromatic N) is 2. The van der Waals surface area contributed by atoms with Crippen molar-refractivity contribution in [2.75, 3.05) is 13.2 Å². The van der Waals surface area contributed by atoms with Gasteiger partial charge >= 0.3 is 0 Å². The highest BCUT2D eigenvalue weighted by Crippen LogP contribution is 2.44. The molecule has 0 spiro atoms. The first-order chi connectivity index (χ1) is 19.1. The molecule has 1 aliphatic heterocycles. The van der Waals surface area contributed by atoms with E-state index < -0.39 is 11.6 Å². The van der Waals surface area contributed by atoms with E-state index in [0.717, 1.165) is 52.0 Å². The fraction of sp³-hybridized carbons (Fsp3) is 0.286. The van der Waals surface area contributed by atoms with Crippen LogP contribution >= 0.6 is 0 Å². The van der Waals surface area contributed by atoms with E-state index in [9.17, 15) is 5.11 Å². The van der Waals surface area contributed by atoms with Crippen molar-refractivity contribution in [3.05, 3.63) is 137 Å². The molecular weight excluding hydrogens is 480 g/mol. The Morgan fingerprint density at radius 2 is 1.26 bits per heavy atom. The summed E-state index contributed by atoms with van der Waals surface area (Å²) >= 11 is 0. The normalized spacial score (nSPS) is 15.9. The van der Waals surface area contributed by atoms with E-state index in [4.69, 9.17) is 9.73 Å². The van der Waals surface area contributed by atoms with Gasteiger partial charge in [-0.2, -0.15) is 0 Å². The van der Waals surface area contributed by atoms with Gasteiger partial charge in [0.2, 0.25) is 0 Å². The standard InChI is InChI=1S/C35H38N2O2/c1-4-26-22-31(39-6-3)23-27(5-2)33(26)34(38)32-24-37(25-36-32)35(28-16-10-7-11-17-28,29-18-12-8-13-19-29)30-20-14-9-15-21-30/h7-23,25,32,34,38H,4-6,24H2,1-3H3. The number of aliphatic hydroxyl groups is 1. The number of hydrogen-bond acceptors (Lipinski definition) is 4. The molecule has 0 radical (unpaired) electrons. The summed E-state index contributed by atoms with van der Waals surface area (Å²) in [5.41, 5.74) is 6.13. The first-order valence-corrected chi connectivity index (χ1v) is 14.1. The molecule has 4 aromatic carbocycles. The predicted molar refractivity (Wildman–Crippen MR) is 160 cm³/mol. The Bertz CT molecular complexity index is 1260. The molecule has 0 fully saturated rings. The highest BCUT2D eigenvalue weighted by atomic mass is 16.5. The van der Waals surface area contributed by atoms with Gasteiger partial charge in [-0.05, 0) is 65.3 Å². The number of ether oxygens (including phenoxy) is 1. The monoisotopic (exact) mass is 518 g/mol. The van der Waals surface area contributed by atoms with Crippen molar-refractivity contribution in [1.82, 2.24) is 4.90 Å². The Morgan fingerprint density at radius 3 is 1.67 bits per heavy atom. The zero-order chi connectivity index (χ0) is 27.2. The van der Waals surface area contributed by atoms with Crippen LogP contribution in [-0.4, -0.2) is 35.5 Å². The molecule has 200 valence electrons. The summed E-state index contributed by atoms with van der Waals surface area (Å²) in [5.74, 6) is 0.870. The van der Waals surface area contributed by atoms with Crippen LogP contribution in [0.4, 0.5) is 0 Å². The quantitative estimate of drug-likeness (QED) is 0.231. The number of benzene rings is 4. The molecular formula is C35H38N2O2. The van der Waals surface area contributed by atoms with Crippen LogP contribution in [-0.2, 0) is 18.4 Å². The molecule has 39 heavy (non-hydrogen) atoms. The largest absolute Gasteiger partial charge is 0.494 e. The van der Waals surface area contributed by atoms with Gasteiger partial charge in [-0.1, -0.05) is 105 Å². The first-order valence-electron chi connectivity index (χ1n) is 14.1. The Balaban J connectivity index is 1.59. The average molecular weight is 519 g/mol. The third kappa shape index (κ3) is 4.97. The molecule has 0 amide bonds. The SMILES string of the molecule is CCOc1cc(CC)c(C(O)C2CN(C(c3ccccc3)(c3ccccc3)c3ccccc3)C=N2)c(CC)c1. The maximum absolute atomic E-state index is 11.9. The molecule has 0 aliphatic carbocycles. The molecule has 4 nitrogen and oxygen atoms in total. The molecule has 2 atom stereocenters. The predicted octanol–water partition coefficient (Wildman–Crippen LogP) is 6.95. The Morgan fingerprint density at radius 1 is 0.795 bits per heavy atom. The van der Waals surface area contributed by atoms with Crippen molar-refractivity contribution in [1.29, 1.82) is 0 Å². The minimum absolute atomic E-state index is 0.297. The van der Waals surface area contributed by atoms with Gasteiger partial charge in [0.25, 0.3) is 0 Å². The van der Waals surface area contributed by atoms with Crippen molar-refractivity contribution >= 4 is 6.34 Å². The molecule has 5 rings (SSSR count). The zero-order valence-corrected chi connectivity index (χ0v) is 23.1. The fourth-order valence-electron chi connectivity index (χ4n) is 6.06. The summed E-state index contributed by atoms with van der Waals surface area (Å²) in [6.07, 6.45) is 2.88. The lowest BCUT2D eigenvalue weighted by Gasteiger charge is -2.43. The van der Waals surface area contributed by atoms with E-state index in [0.29, 0.717) is 13.2 Å². The van der Waals surface area contributed by atoms with Crippen LogP contribution in [0.15, 0.2) is 108 Å². The van der Waals surface area contributed by atoms with Crippen LogP contribution in [0.1, 0.15) is 60.3 Å². The lowest BCUT2D eigenvalue weighted by atomic mass is 9.75. The molecule has 1 aliphatic rings. The van der Waals surface area contributed by atoms with Gasteiger partial charge in [-0.3, -0.25) is 4.99 Å². The molecule has 0 saturated heterocycles. The number of rotatable bonds is 10. The lowest BCUT2D eigenvalue weighted by Crippen LogP contribution is -2.48. The Hall–Kier alpha value is -3.89. The van der Waals surface area contributed by atoms with Gasteiger partial charge in [0, 0.05) is 6.54 Å². The molecule has 4 heteroatoms. The van der Waals surface area contributed by atoms with Crippen molar-refractivity contribution in [2.24, 2.45) is 4.99 Å². The molecule has 2 unspecified atom stereocenters. The van der Waals surface area contributed by atoms with Gasteiger partial charge in [0.1, 0.15) is 17.4 Å². The van der Waals surface area contributed by atoms with E-state index in [-0.39, 0.29) is 6.04 Å². The van der Waals surface area contributed by atoms with Crippen molar-refractivity contribution in [3.8, 4) is 5.75 Å². The van der Waals surface area contributed by atoms with Crippen LogP contribution in [0.5, 0.6) is 5.75 Å². The third-order valence-electron chi connectivity index (χ3n) is 7.84. The number of aryl methyl sites for hydroxylation is 2. The van der Waals surface area contributed by atoms with Crippen LogP contribution in [0.2, 0.25) is 0 Å². The van der Waals surface area contributed by atoms with Crippen LogP contribution in [0, 0.1) is 0 Å². The third-order valence-corrected chi connectivity index (χ3v) is 7.84. The summed E-state index contributed by atoms with van der Waals surface area (Å²) in [6.45, 7) is 7.47. The van der Waals surface area contributed by atoms with E-state index in [1.807, 2.05) is 13.3 Å². The maximum atomic E-state index is 11.9. The van der Waals surface area contributed by atoms with Crippen LogP contribution in [0.3, 0.4) is 0 Å². The maximum Gasteiger partial charge on any atom is 0.119 e. The minimum atomic E-state index is -0.716. The number of aliphatic imine (C=N–C) groups is 1. The van der Waals surface area contributed by atoms with E-state index in [1.165, 1.54) is 0 Å². The van der Waals surface area contributed by atoms with Gasteiger partial charge < -0.3 is 14.7 Å². The fourth-order valence-corrected chi connectivity index (χ4v) is 6.06. The van der Waals surface area contributed by atoms with Crippen LogP contribution < -0.4 is 4.74 Å². The summed E-state index contributed by atoms with van der Waals surface area (Å²) < 4.78 is 5.84. The van der Waals surface area contributed by atoms with Gasteiger partial charge in [0.15, 0.2) is 0 Å². The zero-order valence-electron chi connectivity index (χ0n) is 23.1.